The van der Waals surface area contributed by atoms with Gasteiger partial charge in [-0.2, -0.15) is 5.10 Å². The first-order valence-corrected chi connectivity index (χ1v) is 9.06. The van der Waals surface area contributed by atoms with Crippen LogP contribution < -0.4 is 0 Å². The number of benzene rings is 2. The zero-order valence-electron chi connectivity index (χ0n) is 15.4. The molecule has 0 fully saturated rings. The van der Waals surface area contributed by atoms with Crippen molar-refractivity contribution in [2.75, 3.05) is 7.05 Å². The lowest BCUT2D eigenvalue weighted by Gasteiger charge is -2.16. The predicted molar refractivity (Wildman–Crippen MR) is 108 cm³/mol. The van der Waals surface area contributed by atoms with Crippen LogP contribution in [-0.2, 0) is 13.1 Å². The van der Waals surface area contributed by atoms with Crippen molar-refractivity contribution < 1.29 is 0 Å². The largest absolute Gasteiger partial charge is 0.298 e. The van der Waals surface area contributed by atoms with E-state index in [0.717, 1.165) is 30.0 Å². The number of pyridine rings is 1. The number of nitrogens with zero attached hydrogens (tertiary/aromatic N) is 4. The van der Waals surface area contributed by atoms with Gasteiger partial charge in [0, 0.05) is 42.8 Å². The van der Waals surface area contributed by atoms with E-state index in [2.05, 4.69) is 71.7 Å². The molecule has 0 N–H and O–H groups in total. The summed E-state index contributed by atoms with van der Waals surface area (Å²) < 4.78 is 1.97. The fourth-order valence-corrected chi connectivity index (χ4v) is 3.22. The first kappa shape index (κ1) is 17.2. The van der Waals surface area contributed by atoms with Crippen molar-refractivity contribution >= 4 is 0 Å². The molecular formula is C23H22N4. The highest BCUT2D eigenvalue weighted by Gasteiger charge is 2.14. The first-order valence-electron chi connectivity index (χ1n) is 9.06. The summed E-state index contributed by atoms with van der Waals surface area (Å²) in [6, 6.07) is 24.7. The lowest BCUT2D eigenvalue weighted by molar-refractivity contribution is 0.319. The third kappa shape index (κ3) is 4.13. The van der Waals surface area contributed by atoms with Crippen LogP contribution in [0, 0.1) is 0 Å². The zero-order valence-corrected chi connectivity index (χ0v) is 15.4. The number of para-hydroxylation sites is 1. The van der Waals surface area contributed by atoms with Gasteiger partial charge in [-0.05, 0) is 36.9 Å². The maximum atomic E-state index is 4.89. The van der Waals surface area contributed by atoms with Crippen molar-refractivity contribution in [3.8, 4) is 16.9 Å². The lowest BCUT2D eigenvalue weighted by Crippen LogP contribution is -2.17. The first-order chi connectivity index (χ1) is 13.3. The van der Waals surface area contributed by atoms with Gasteiger partial charge in [0.05, 0.1) is 11.4 Å². The van der Waals surface area contributed by atoms with E-state index < -0.39 is 0 Å². The maximum absolute atomic E-state index is 4.89. The molecule has 0 aliphatic rings. The average Bonchev–Trinajstić information content (AvgIpc) is 3.14. The van der Waals surface area contributed by atoms with Crippen LogP contribution in [0.4, 0.5) is 0 Å². The molecule has 2 aromatic carbocycles. The molecule has 2 aromatic heterocycles. The van der Waals surface area contributed by atoms with Gasteiger partial charge in [-0.3, -0.25) is 9.88 Å². The Bertz CT molecular complexity index is 979. The number of hydrogen-bond donors (Lipinski definition) is 0. The molecule has 4 heteroatoms. The van der Waals surface area contributed by atoms with Crippen molar-refractivity contribution in [1.29, 1.82) is 0 Å². The van der Waals surface area contributed by atoms with E-state index in [4.69, 9.17) is 5.10 Å². The molecule has 4 rings (SSSR count). The molecule has 0 saturated heterocycles. The standard InChI is InChI=1S/C23H22N4/c1-26(16-19-12-14-24-15-13-19)17-21-18-27(22-10-6-3-7-11-22)25-23(21)20-8-4-2-5-9-20/h2-15,18H,16-17H2,1H3. The van der Waals surface area contributed by atoms with Crippen molar-refractivity contribution in [3.05, 3.63) is 103 Å². The summed E-state index contributed by atoms with van der Waals surface area (Å²) in [7, 11) is 2.13. The molecule has 0 bridgehead atoms. The monoisotopic (exact) mass is 354 g/mol. The Kier molecular flexibility index (Phi) is 5.08. The highest BCUT2D eigenvalue weighted by Crippen LogP contribution is 2.25. The summed E-state index contributed by atoms with van der Waals surface area (Å²) in [5, 5.41) is 4.89. The smallest absolute Gasteiger partial charge is 0.0972 e. The fraction of sp³-hybridized carbons (Fsp3) is 0.130. The third-order valence-corrected chi connectivity index (χ3v) is 4.50. The molecule has 0 amide bonds. The van der Waals surface area contributed by atoms with Crippen LogP contribution in [0.15, 0.2) is 91.4 Å². The van der Waals surface area contributed by atoms with E-state index in [1.54, 1.807) is 0 Å². The van der Waals surface area contributed by atoms with Crippen LogP contribution in [0.1, 0.15) is 11.1 Å². The molecule has 0 radical (unpaired) electrons. The molecule has 134 valence electrons. The number of rotatable bonds is 6. The number of hydrogen-bond acceptors (Lipinski definition) is 3. The Balaban J connectivity index is 1.65. The topological polar surface area (TPSA) is 34.0 Å². The van der Waals surface area contributed by atoms with E-state index in [-0.39, 0.29) is 0 Å². The minimum atomic E-state index is 0.819. The average molecular weight is 354 g/mol. The molecule has 4 nitrogen and oxygen atoms in total. The van der Waals surface area contributed by atoms with Gasteiger partial charge in [0.2, 0.25) is 0 Å². The summed E-state index contributed by atoms with van der Waals surface area (Å²) in [6.45, 7) is 1.69. The van der Waals surface area contributed by atoms with Gasteiger partial charge in [0.25, 0.3) is 0 Å². The van der Waals surface area contributed by atoms with Gasteiger partial charge in [-0.1, -0.05) is 48.5 Å². The molecule has 27 heavy (non-hydrogen) atoms. The van der Waals surface area contributed by atoms with E-state index >= 15 is 0 Å². The van der Waals surface area contributed by atoms with Crippen molar-refractivity contribution in [3.63, 3.8) is 0 Å². The second kappa shape index (κ2) is 7.98. The second-order valence-corrected chi connectivity index (χ2v) is 6.68. The summed E-state index contributed by atoms with van der Waals surface area (Å²) in [6.07, 6.45) is 5.82. The van der Waals surface area contributed by atoms with Crippen molar-refractivity contribution in [2.45, 2.75) is 13.1 Å². The van der Waals surface area contributed by atoms with Gasteiger partial charge in [-0.25, -0.2) is 4.68 Å². The van der Waals surface area contributed by atoms with Gasteiger partial charge in [0.15, 0.2) is 0 Å². The van der Waals surface area contributed by atoms with Crippen molar-refractivity contribution in [1.82, 2.24) is 19.7 Å². The molecule has 4 aromatic rings. The highest BCUT2D eigenvalue weighted by molar-refractivity contribution is 5.63. The minimum absolute atomic E-state index is 0.819. The Morgan fingerprint density at radius 3 is 2.19 bits per heavy atom. The van der Waals surface area contributed by atoms with Crippen LogP contribution >= 0.6 is 0 Å². The molecule has 0 unspecified atom stereocenters. The van der Waals surface area contributed by atoms with Crippen LogP contribution in [0.3, 0.4) is 0 Å². The van der Waals surface area contributed by atoms with E-state index in [1.807, 2.05) is 41.3 Å². The molecule has 0 aliphatic carbocycles. The van der Waals surface area contributed by atoms with E-state index in [0.29, 0.717) is 0 Å². The van der Waals surface area contributed by atoms with Crippen LogP contribution in [0.25, 0.3) is 16.9 Å². The predicted octanol–water partition coefficient (Wildman–Crippen LogP) is 4.57. The third-order valence-electron chi connectivity index (χ3n) is 4.50. The normalized spacial score (nSPS) is 11.0. The molecular weight excluding hydrogens is 332 g/mol. The Hall–Kier alpha value is -3.24. The molecule has 2 heterocycles. The molecule has 0 saturated carbocycles. The van der Waals surface area contributed by atoms with Crippen molar-refractivity contribution in [2.24, 2.45) is 0 Å². The number of aromatic nitrogens is 3. The SMILES string of the molecule is CN(Cc1ccncc1)Cc1cn(-c2ccccc2)nc1-c1ccccc1. The van der Waals surface area contributed by atoms with Gasteiger partial charge >= 0.3 is 0 Å². The highest BCUT2D eigenvalue weighted by atomic mass is 15.3. The van der Waals surface area contributed by atoms with E-state index in [1.165, 1.54) is 11.1 Å². The summed E-state index contributed by atoms with van der Waals surface area (Å²) in [4.78, 5) is 6.40. The summed E-state index contributed by atoms with van der Waals surface area (Å²) in [5.41, 5.74) is 5.70. The zero-order chi connectivity index (χ0) is 18.5. The van der Waals surface area contributed by atoms with Gasteiger partial charge in [0.1, 0.15) is 0 Å². The van der Waals surface area contributed by atoms with Gasteiger partial charge in [-0.15, -0.1) is 0 Å². The Morgan fingerprint density at radius 2 is 1.48 bits per heavy atom. The summed E-state index contributed by atoms with van der Waals surface area (Å²) >= 11 is 0. The van der Waals surface area contributed by atoms with Crippen LogP contribution in [0.2, 0.25) is 0 Å². The van der Waals surface area contributed by atoms with Gasteiger partial charge < -0.3 is 0 Å². The van der Waals surface area contributed by atoms with Crippen LogP contribution in [0.5, 0.6) is 0 Å². The Labute approximate surface area is 159 Å². The lowest BCUT2D eigenvalue weighted by atomic mass is 10.1. The maximum Gasteiger partial charge on any atom is 0.0972 e. The second-order valence-electron chi connectivity index (χ2n) is 6.68. The molecule has 0 atom stereocenters. The Morgan fingerprint density at radius 1 is 0.815 bits per heavy atom. The fourth-order valence-electron chi connectivity index (χ4n) is 3.22. The molecule has 0 aliphatic heterocycles. The quantitative estimate of drug-likeness (QED) is 0.509. The summed E-state index contributed by atoms with van der Waals surface area (Å²) in [5.74, 6) is 0. The van der Waals surface area contributed by atoms with Crippen LogP contribution in [-0.4, -0.2) is 26.7 Å². The van der Waals surface area contributed by atoms with E-state index in [9.17, 15) is 0 Å². The molecule has 0 spiro atoms. The minimum Gasteiger partial charge on any atom is -0.298 e.